The molecule has 0 radical (unpaired) electrons. The highest BCUT2D eigenvalue weighted by Gasteiger charge is 2.31. The van der Waals surface area contributed by atoms with Crippen LogP contribution in [0.1, 0.15) is 20.8 Å². The van der Waals surface area contributed by atoms with Crippen molar-refractivity contribution in [2.75, 3.05) is 0 Å². The van der Waals surface area contributed by atoms with Gasteiger partial charge in [-0.25, -0.2) is 27.4 Å². The maximum atomic E-state index is 14.3. The minimum absolute atomic E-state index is 0.149. The van der Waals surface area contributed by atoms with Crippen molar-refractivity contribution in [2.45, 2.75) is 26.3 Å². The van der Waals surface area contributed by atoms with Gasteiger partial charge < -0.3 is 0 Å². The van der Waals surface area contributed by atoms with E-state index in [4.69, 9.17) is 30.2 Å². The Labute approximate surface area is 176 Å². The van der Waals surface area contributed by atoms with Crippen molar-refractivity contribution in [2.24, 2.45) is 0 Å². The molecule has 1 heterocycles. The van der Waals surface area contributed by atoms with Crippen LogP contribution in [-0.2, 0) is 5.54 Å². The van der Waals surface area contributed by atoms with Gasteiger partial charge in [-0.2, -0.15) is 8.96 Å². The van der Waals surface area contributed by atoms with Gasteiger partial charge in [-0.1, -0.05) is 23.7 Å². The molecule has 1 aromatic heterocycles. The molecule has 2 aromatic carbocycles. The summed E-state index contributed by atoms with van der Waals surface area (Å²) in [4.78, 5) is 0. The predicted octanol–water partition coefficient (Wildman–Crippen LogP) is -0.104. The number of aromatic nitrogens is 3. The van der Waals surface area contributed by atoms with Crippen LogP contribution in [0.4, 0.5) is 13.2 Å². The summed E-state index contributed by atoms with van der Waals surface area (Å²) in [6.45, 7) is 5.76. The number of hydrogen-bond acceptors (Lipinski definition) is 5. The molecular formula is C18H16Cl2F3N3O4. The van der Waals surface area contributed by atoms with Crippen molar-refractivity contribution in [1.29, 1.82) is 0 Å². The van der Waals surface area contributed by atoms with Crippen LogP contribution < -0.4 is 23.2 Å². The Balaban J connectivity index is 0.000000575. The van der Waals surface area contributed by atoms with Gasteiger partial charge in [0.1, 0.15) is 11.2 Å². The van der Waals surface area contributed by atoms with Crippen molar-refractivity contribution >= 4 is 11.6 Å². The van der Waals surface area contributed by atoms with E-state index in [2.05, 4.69) is 5.10 Å². The third-order valence-corrected chi connectivity index (χ3v) is 4.06. The van der Waals surface area contributed by atoms with Crippen molar-refractivity contribution in [3.8, 4) is 17.1 Å². The van der Waals surface area contributed by atoms with Gasteiger partial charge in [0.05, 0.1) is 10.6 Å². The van der Waals surface area contributed by atoms with Crippen LogP contribution in [0.15, 0.2) is 42.7 Å². The number of hydrogen-bond donors (Lipinski definition) is 0. The molecule has 3 aromatic rings. The molecule has 3 rings (SSSR count). The normalized spacial score (nSPS) is 11.8. The molecule has 12 heteroatoms. The van der Waals surface area contributed by atoms with Gasteiger partial charge in [0.15, 0.2) is 11.6 Å². The lowest BCUT2D eigenvalue weighted by molar-refractivity contribution is -2.00. The van der Waals surface area contributed by atoms with E-state index in [-0.39, 0.29) is 5.69 Å². The zero-order chi connectivity index (χ0) is 22.9. The van der Waals surface area contributed by atoms with Crippen LogP contribution in [-0.4, -0.2) is 9.78 Å². The summed E-state index contributed by atoms with van der Waals surface area (Å²) in [5.74, 6) is -3.74. The second-order valence-corrected chi connectivity index (χ2v) is 8.14. The van der Waals surface area contributed by atoms with Crippen molar-refractivity contribution in [3.05, 3.63) is 65.2 Å². The SMILES string of the molecule is CC(C)(C)n1c[n+](-c2ccc(F)c(F)c2F)c(-c2ccccc2Cl)n1.[O-][Cl+3]([O-])([O-])[O-]. The summed E-state index contributed by atoms with van der Waals surface area (Å²) in [5, 5.41) is 4.91. The Morgan fingerprint density at radius 1 is 0.967 bits per heavy atom. The standard InChI is InChI=1S/C18H16ClF3N3.ClHO4/c1-18(2,3)25-10-24(14-9-8-13(20)15(21)16(14)22)17(23-25)11-6-4-5-7-12(11)19;2-1(3,4)5/h4-10H,1-3H3;(H,2,3,4,5)/q+1;/p-1. The summed E-state index contributed by atoms with van der Waals surface area (Å²) in [6.07, 6.45) is 1.54. The molecule has 0 amide bonds. The number of rotatable bonds is 2. The lowest BCUT2D eigenvalue weighted by Gasteiger charge is -2.17. The van der Waals surface area contributed by atoms with Gasteiger partial charge in [-0.15, -0.1) is 14.9 Å². The van der Waals surface area contributed by atoms with E-state index >= 15 is 0 Å². The van der Waals surface area contributed by atoms with E-state index in [1.165, 1.54) is 17.0 Å². The summed E-state index contributed by atoms with van der Waals surface area (Å²) in [5.41, 5.74) is -0.00309. The topological polar surface area (TPSA) is 114 Å². The maximum absolute atomic E-state index is 14.3. The molecule has 7 nitrogen and oxygen atoms in total. The van der Waals surface area contributed by atoms with E-state index in [0.717, 1.165) is 6.07 Å². The van der Waals surface area contributed by atoms with Crippen LogP contribution in [0.3, 0.4) is 0 Å². The minimum atomic E-state index is -4.94. The average Bonchev–Trinajstić information content (AvgIpc) is 3.04. The van der Waals surface area contributed by atoms with Crippen molar-refractivity contribution < 1.29 is 46.6 Å². The van der Waals surface area contributed by atoms with E-state index in [1.807, 2.05) is 20.8 Å². The Kier molecular flexibility index (Phi) is 7.12. The average molecular weight is 466 g/mol. The van der Waals surface area contributed by atoms with Gasteiger partial charge in [-0.05, 0) is 45.0 Å². The molecule has 0 spiro atoms. The molecule has 0 N–H and O–H groups in total. The first-order valence-corrected chi connectivity index (χ1v) is 9.83. The molecule has 0 aliphatic heterocycles. The first-order chi connectivity index (χ1) is 13.7. The Hall–Kier alpha value is -2.21. The maximum Gasteiger partial charge on any atom is 0.315 e. The zero-order valence-electron chi connectivity index (χ0n) is 15.9. The molecule has 0 bridgehead atoms. The summed E-state index contributed by atoms with van der Waals surface area (Å²) in [7, 11) is -4.94. The second kappa shape index (κ2) is 8.88. The Morgan fingerprint density at radius 3 is 2.07 bits per heavy atom. The highest BCUT2D eigenvalue weighted by Crippen LogP contribution is 2.26. The fourth-order valence-electron chi connectivity index (χ4n) is 2.37. The van der Waals surface area contributed by atoms with Crippen molar-refractivity contribution in [3.63, 3.8) is 0 Å². The van der Waals surface area contributed by atoms with Gasteiger partial charge in [-0.3, -0.25) is 0 Å². The quantitative estimate of drug-likeness (QED) is 0.387. The molecule has 162 valence electrons. The van der Waals surface area contributed by atoms with Gasteiger partial charge in [0.2, 0.25) is 12.1 Å². The zero-order valence-corrected chi connectivity index (χ0v) is 17.4. The largest absolute Gasteiger partial charge is 0.315 e. The second-order valence-electron chi connectivity index (χ2n) is 6.98. The van der Waals surface area contributed by atoms with Crippen molar-refractivity contribution in [1.82, 2.24) is 9.78 Å². The molecule has 0 fully saturated rings. The van der Waals surface area contributed by atoms with E-state index in [9.17, 15) is 13.2 Å². The number of nitrogens with zero attached hydrogens (tertiary/aromatic N) is 3. The highest BCUT2D eigenvalue weighted by atomic mass is 35.7. The van der Waals surface area contributed by atoms with Crippen LogP contribution in [0.2, 0.25) is 5.02 Å². The molecule has 30 heavy (non-hydrogen) atoms. The van der Waals surface area contributed by atoms with Gasteiger partial charge in [0, 0.05) is 5.10 Å². The molecule has 0 atom stereocenters. The summed E-state index contributed by atoms with van der Waals surface area (Å²) >= 11 is 6.25. The highest BCUT2D eigenvalue weighted by molar-refractivity contribution is 6.33. The van der Waals surface area contributed by atoms with Crippen LogP contribution in [0, 0.1) is 27.7 Å². The third-order valence-electron chi connectivity index (χ3n) is 3.73. The number of benzene rings is 2. The van der Waals surface area contributed by atoms with Gasteiger partial charge in [0.25, 0.3) is 0 Å². The smallest absolute Gasteiger partial charge is 0.222 e. The summed E-state index contributed by atoms with van der Waals surface area (Å²) < 4.78 is 78.3. The fraction of sp³-hybridized carbons (Fsp3) is 0.222. The van der Waals surface area contributed by atoms with Crippen LogP contribution >= 0.6 is 11.6 Å². The lowest BCUT2D eigenvalue weighted by Crippen LogP contribution is -2.68. The Morgan fingerprint density at radius 2 is 1.53 bits per heavy atom. The first kappa shape index (κ1) is 24.1. The van der Waals surface area contributed by atoms with E-state index < -0.39 is 33.2 Å². The fourth-order valence-corrected chi connectivity index (χ4v) is 2.59. The van der Waals surface area contributed by atoms with Gasteiger partial charge >= 0.3 is 5.82 Å². The molecule has 0 saturated carbocycles. The summed E-state index contributed by atoms with van der Waals surface area (Å²) in [6, 6.07) is 8.98. The van der Waals surface area contributed by atoms with E-state index in [1.54, 1.807) is 28.9 Å². The Bertz CT molecular complexity index is 1040. The predicted molar refractivity (Wildman–Crippen MR) is 89.1 cm³/mol. The van der Waals surface area contributed by atoms with E-state index in [0.29, 0.717) is 16.4 Å². The first-order valence-electron chi connectivity index (χ1n) is 8.22. The molecule has 0 saturated heterocycles. The molecule has 0 aliphatic carbocycles. The third kappa shape index (κ3) is 5.91. The number of halogens is 5. The molecule has 0 unspecified atom stereocenters. The van der Waals surface area contributed by atoms with Crippen LogP contribution in [0.5, 0.6) is 0 Å². The monoisotopic (exact) mass is 465 g/mol. The van der Waals surface area contributed by atoms with Crippen LogP contribution in [0.25, 0.3) is 17.1 Å². The lowest BCUT2D eigenvalue weighted by atomic mass is 10.1. The molecule has 0 aliphatic rings. The molecular weight excluding hydrogens is 450 g/mol. The minimum Gasteiger partial charge on any atom is -0.222 e.